The van der Waals surface area contributed by atoms with Gasteiger partial charge in [0.1, 0.15) is 0 Å². The Balaban J connectivity index is 2.63. The van der Waals surface area contributed by atoms with Crippen LogP contribution >= 0.6 is 0 Å². The molecule has 0 atom stereocenters. The van der Waals surface area contributed by atoms with Gasteiger partial charge in [0.25, 0.3) is 0 Å². The Morgan fingerprint density at radius 2 is 1.59 bits per heavy atom. The normalized spacial score (nSPS) is 10.8. The second kappa shape index (κ2) is 8.33. The van der Waals surface area contributed by atoms with Crippen molar-refractivity contribution in [3.05, 3.63) is 34.9 Å². The smallest absolute Gasteiger partial charge is 0.0149 e. The van der Waals surface area contributed by atoms with Crippen LogP contribution in [0.25, 0.3) is 0 Å². The van der Waals surface area contributed by atoms with E-state index < -0.39 is 0 Å². The molecule has 0 heteroatoms. The van der Waals surface area contributed by atoms with Crippen LogP contribution in [0.4, 0.5) is 0 Å². The summed E-state index contributed by atoms with van der Waals surface area (Å²) in [6, 6.07) is 7.74. The van der Waals surface area contributed by atoms with Crippen molar-refractivity contribution >= 4 is 0 Å². The highest BCUT2D eigenvalue weighted by Gasteiger charge is 2.05. The fourth-order valence-electron chi connectivity index (χ4n) is 2.40. The molecule has 0 saturated heterocycles. The molecular formula is C17H27. The van der Waals surface area contributed by atoms with E-state index in [0.717, 1.165) is 0 Å². The van der Waals surface area contributed by atoms with E-state index in [1.807, 2.05) is 0 Å². The lowest BCUT2D eigenvalue weighted by molar-refractivity contribution is 0.691. The summed E-state index contributed by atoms with van der Waals surface area (Å²) in [6.07, 6.45) is 10.5. The van der Waals surface area contributed by atoms with E-state index in [1.165, 1.54) is 56.9 Å². The fraction of sp³-hybridized carbons (Fsp3) is 0.647. The molecule has 1 aromatic carbocycles. The summed E-state index contributed by atoms with van der Waals surface area (Å²) in [6.45, 7) is 6.75. The van der Waals surface area contributed by atoms with Gasteiger partial charge in [0.15, 0.2) is 0 Å². The summed E-state index contributed by atoms with van der Waals surface area (Å²) in [5.41, 5.74) is 4.53. The van der Waals surface area contributed by atoms with Crippen LogP contribution < -0.4 is 0 Å². The number of rotatable bonds is 8. The molecule has 1 radical (unpaired) electrons. The summed E-state index contributed by atoms with van der Waals surface area (Å²) in [7, 11) is 0. The van der Waals surface area contributed by atoms with Crippen molar-refractivity contribution in [1.29, 1.82) is 0 Å². The molecule has 0 nitrogen and oxygen atoms in total. The molecule has 0 unspecified atom stereocenters. The average Bonchev–Trinajstić information content (AvgIpc) is 2.33. The van der Waals surface area contributed by atoms with Crippen LogP contribution in [0.2, 0.25) is 0 Å². The van der Waals surface area contributed by atoms with Crippen LogP contribution in [-0.2, 0) is 12.8 Å². The molecule has 0 fully saturated rings. The van der Waals surface area contributed by atoms with E-state index >= 15 is 0 Å². The molecule has 0 aliphatic heterocycles. The van der Waals surface area contributed by atoms with Gasteiger partial charge < -0.3 is 0 Å². The van der Waals surface area contributed by atoms with Crippen molar-refractivity contribution in [3.8, 4) is 0 Å². The Bertz CT molecular complexity index is 312. The molecule has 0 saturated carbocycles. The Morgan fingerprint density at radius 3 is 2.24 bits per heavy atom. The summed E-state index contributed by atoms with van der Waals surface area (Å²) in [5.74, 6) is 0. The van der Waals surface area contributed by atoms with Crippen molar-refractivity contribution < 1.29 is 0 Å². The molecule has 95 valence electrons. The van der Waals surface area contributed by atoms with Gasteiger partial charge in [0, 0.05) is 0 Å². The van der Waals surface area contributed by atoms with E-state index in [4.69, 9.17) is 0 Å². The van der Waals surface area contributed by atoms with E-state index in [9.17, 15) is 0 Å². The lowest BCUT2D eigenvalue weighted by Gasteiger charge is -2.12. The van der Waals surface area contributed by atoms with Crippen LogP contribution in [-0.4, -0.2) is 0 Å². The molecule has 0 N–H and O–H groups in total. The SMILES string of the molecule is CCCCCc1cc[c]c(C)c1CCCCC. The molecule has 1 rings (SSSR count). The number of hydrogen-bond acceptors (Lipinski definition) is 0. The lowest BCUT2D eigenvalue weighted by atomic mass is 9.93. The first-order valence-electron chi connectivity index (χ1n) is 7.28. The molecule has 0 aromatic heterocycles. The molecule has 0 heterocycles. The third kappa shape index (κ3) is 4.93. The molecular weight excluding hydrogens is 204 g/mol. The first kappa shape index (κ1) is 14.3. The molecule has 0 amide bonds. The van der Waals surface area contributed by atoms with E-state index in [0.29, 0.717) is 0 Å². The molecule has 1 aromatic rings. The van der Waals surface area contributed by atoms with Crippen LogP contribution in [0.1, 0.15) is 69.1 Å². The maximum Gasteiger partial charge on any atom is -0.0149 e. The van der Waals surface area contributed by atoms with Gasteiger partial charge in [-0.3, -0.25) is 0 Å². The molecule has 0 aliphatic carbocycles. The number of unbranched alkanes of at least 4 members (excludes halogenated alkanes) is 4. The van der Waals surface area contributed by atoms with Crippen LogP contribution in [0.15, 0.2) is 12.1 Å². The van der Waals surface area contributed by atoms with Gasteiger partial charge in [-0.2, -0.15) is 0 Å². The minimum Gasteiger partial charge on any atom is -0.0654 e. The quantitative estimate of drug-likeness (QED) is 0.535. The maximum absolute atomic E-state index is 3.36. The highest BCUT2D eigenvalue weighted by atomic mass is 14.1. The van der Waals surface area contributed by atoms with Gasteiger partial charge in [0.05, 0.1) is 0 Å². The van der Waals surface area contributed by atoms with Gasteiger partial charge in [-0.15, -0.1) is 0 Å². The van der Waals surface area contributed by atoms with Crippen LogP contribution in [0, 0.1) is 13.0 Å². The second-order valence-corrected chi connectivity index (χ2v) is 5.02. The summed E-state index contributed by atoms with van der Waals surface area (Å²) in [4.78, 5) is 0. The highest BCUT2D eigenvalue weighted by Crippen LogP contribution is 2.19. The second-order valence-electron chi connectivity index (χ2n) is 5.02. The first-order valence-corrected chi connectivity index (χ1v) is 7.28. The topological polar surface area (TPSA) is 0 Å². The zero-order valence-corrected chi connectivity index (χ0v) is 11.8. The van der Waals surface area contributed by atoms with Gasteiger partial charge >= 0.3 is 0 Å². The van der Waals surface area contributed by atoms with Gasteiger partial charge in [0.2, 0.25) is 0 Å². The van der Waals surface area contributed by atoms with E-state index in [1.54, 1.807) is 11.1 Å². The van der Waals surface area contributed by atoms with Gasteiger partial charge in [-0.25, -0.2) is 0 Å². The Morgan fingerprint density at radius 1 is 0.941 bits per heavy atom. The summed E-state index contributed by atoms with van der Waals surface area (Å²) in [5, 5.41) is 0. The van der Waals surface area contributed by atoms with Crippen molar-refractivity contribution in [1.82, 2.24) is 0 Å². The predicted octanol–water partition coefficient (Wildman–Crippen LogP) is 5.26. The van der Waals surface area contributed by atoms with Gasteiger partial charge in [-0.1, -0.05) is 51.7 Å². The standard InChI is InChI=1S/C17H27/c1-4-6-8-12-16-13-10-11-15(3)17(16)14-9-7-5-2/h10,13H,4-9,12,14H2,1-3H3. The average molecular weight is 231 g/mol. The van der Waals surface area contributed by atoms with E-state index in [2.05, 4.69) is 39.0 Å². The van der Waals surface area contributed by atoms with Crippen molar-refractivity contribution in [3.63, 3.8) is 0 Å². The van der Waals surface area contributed by atoms with Crippen molar-refractivity contribution in [2.45, 2.75) is 72.1 Å². The minimum absolute atomic E-state index is 1.25. The van der Waals surface area contributed by atoms with Crippen LogP contribution in [0.5, 0.6) is 0 Å². The first-order chi connectivity index (χ1) is 8.29. The Hall–Kier alpha value is -0.780. The van der Waals surface area contributed by atoms with Crippen molar-refractivity contribution in [2.24, 2.45) is 0 Å². The fourth-order valence-corrected chi connectivity index (χ4v) is 2.40. The van der Waals surface area contributed by atoms with Crippen molar-refractivity contribution in [2.75, 3.05) is 0 Å². The van der Waals surface area contributed by atoms with Crippen LogP contribution in [0.3, 0.4) is 0 Å². The minimum atomic E-state index is 1.25. The molecule has 0 aliphatic rings. The summed E-state index contributed by atoms with van der Waals surface area (Å²) >= 11 is 0. The zero-order chi connectivity index (χ0) is 12.5. The number of hydrogen-bond donors (Lipinski definition) is 0. The third-order valence-electron chi connectivity index (χ3n) is 3.50. The van der Waals surface area contributed by atoms with Gasteiger partial charge in [-0.05, 0) is 55.4 Å². The van der Waals surface area contributed by atoms with E-state index in [-0.39, 0.29) is 0 Å². The monoisotopic (exact) mass is 231 g/mol. The largest absolute Gasteiger partial charge is 0.0654 e. The molecule has 17 heavy (non-hydrogen) atoms. The zero-order valence-electron chi connectivity index (χ0n) is 11.8. The summed E-state index contributed by atoms with van der Waals surface area (Å²) < 4.78 is 0. The highest BCUT2D eigenvalue weighted by molar-refractivity contribution is 5.34. The lowest BCUT2D eigenvalue weighted by Crippen LogP contribution is -1.98. The molecule has 0 spiro atoms. The number of benzene rings is 1. The maximum atomic E-state index is 3.36. The third-order valence-corrected chi connectivity index (χ3v) is 3.50. The number of aryl methyl sites for hydroxylation is 2. The Labute approximate surface area is 107 Å². The predicted molar refractivity (Wildman–Crippen MR) is 76.5 cm³/mol. The molecule has 0 bridgehead atoms. The Kier molecular flexibility index (Phi) is 7.00.